The summed E-state index contributed by atoms with van der Waals surface area (Å²) < 4.78 is 0. The molecule has 3 aliphatic heterocycles. The molecule has 1 saturated heterocycles. The van der Waals surface area contributed by atoms with Gasteiger partial charge in [0.15, 0.2) is 0 Å². The van der Waals surface area contributed by atoms with E-state index >= 15 is 0 Å². The number of carbonyl (C=O) groups excluding carboxylic acids is 2. The SMILES string of the molecule is Cc1c(-c2nc3c(s2)CN(C(=O)CN(C)C)C3)cccc1-c1cccc(-c2nc3c(s2)CN(C(=O)CN2CC[C@@H](N)C2)C3)c1C. The minimum absolute atomic E-state index is 0.139. The Labute approximate surface area is 272 Å². The van der Waals surface area contributed by atoms with Crippen molar-refractivity contribution in [3.05, 3.63) is 68.7 Å². The van der Waals surface area contributed by atoms with Gasteiger partial charge in [-0.05, 0) is 56.6 Å². The van der Waals surface area contributed by atoms with Crippen LogP contribution in [0.4, 0.5) is 0 Å². The molecule has 2 N–H and O–H groups in total. The molecule has 0 unspecified atom stereocenters. The van der Waals surface area contributed by atoms with E-state index in [9.17, 15) is 9.59 Å². The lowest BCUT2D eigenvalue weighted by molar-refractivity contribution is -0.133. The zero-order valence-electron chi connectivity index (χ0n) is 26.3. The molecule has 234 valence electrons. The summed E-state index contributed by atoms with van der Waals surface area (Å²) in [5, 5.41) is 2.02. The molecule has 2 amide bonds. The Morgan fingerprint density at radius 1 is 0.822 bits per heavy atom. The van der Waals surface area contributed by atoms with Crippen LogP contribution in [-0.2, 0) is 35.8 Å². The summed E-state index contributed by atoms with van der Waals surface area (Å²) in [5.41, 5.74) is 15.1. The molecule has 0 aliphatic carbocycles. The highest BCUT2D eigenvalue weighted by atomic mass is 32.1. The van der Waals surface area contributed by atoms with E-state index in [0.29, 0.717) is 39.3 Å². The van der Waals surface area contributed by atoms with Gasteiger partial charge in [-0.3, -0.25) is 14.5 Å². The number of fused-ring (bicyclic) bond motifs is 2. The smallest absolute Gasteiger partial charge is 0.237 e. The molecular formula is C34H39N7O2S2. The van der Waals surface area contributed by atoms with Crippen molar-refractivity contribution in [2.45, 2.75) is 52.5 Å². The van der Waals surface area contributed by atoms with Crippen LogP contribution in [0.3, 0.4) is 0 Å². The topological polar surface area (TPSA) is 98.9 Å². The van der Waals surface area contributed by atoms with Gasteiger partial charge in [0.1, 0.15) is 10.0 Å². The maximum Gasteiger partial charge on any atom is 0.237 e. The van der Waals surface area contributed by atoms with Crippen LogP contribution in [0, 0.1) is 13.8 Å². The molecule has 0 radical (unpaired) electrons. The van der Waals surface area contributed by atoms with Crippen molar-refractivity contribution < 1.29 is 9.59 Å². The number of thiazole rings is 2. The molecule has 0 bridgehead atoms. The molecule has 2 aromatic carbocycles. The molecule has 11 heteroatoms. The van der Waals surface area contributed by atoms with Crippen LogP contribution < -0.4 is 5.73 Å². The summed E-state index contributed by atoms with van der Waals surface area (Å²) in [6.07, 6.45) is 0.958. The van der Waals surface area contributed by atoms with Crippen molar-refractivity contribution in [2.24, 2.45) is 5.73 Å². The summed E-state index contributed by atoms with van der Waals surface area (Å²) in [5.74, 6) is 0.296. The summed E-state index contributed by atoms with van der Waals surface area (Å²) >= 11 is 3.40. The predicted molar refractivity (Wildman–Crippen MR) is 180 cm³/mol. The minimum atomic E-state index is 0.139. The highest BCUT2D eigenvalue weighted by Gasteiger charge is 2.31. The number of rotatable bonds is 7. The van der Waals surface area contributed by atoms with Crippen LogP contribution in [0.25, 0.3) is 32.3 Å². The lowest BCUT2D eigenvalue weighted by Gasteiger charge is -2.20. The van der Waals surface area contributed by atoms with Gasteiger partial charge in [-0.2, -0.15) is 0 Å². The molecule has 2 aromatic heterocycles. The fraction of sp³-hybridized carbons (Fsp3) is 0.412. The number of likely N-dealkylation sites (N-methyl/N-ethyl adjacent to an activating group) is 1. The second-order valence-electron chi connectivity index (χ2n) is 12.8. The van der Waals surface area contributed by atoms with Crippen LogP contribution in [-0.4, -0.2) is 87.7 Å². The molecule has 45 heavy (non-hydrogen) atoms. The van der Waals surface area contributed by atoms with Crippen molar-refractivity contribution in [3.8, 4) is 32.3 Å². The second-order valence-corrected chi connectivity index (χ2v) is 14.9. The number of hydrogen-bond donors (Lipinski definition) is 1. The first kappa shape index (κ1) is 30.2. The Morgan fingerprint density at radius 2 is 1.33 bits per heavy atom. The third-order valence-corrected chi connectivity index (χ3v) is 11.4. The fourth-order valence-corrected chi connectivity index (χ4v) is 8.99. The van der Waals surface area contributed by atoms with E-state index < -0.39 is 0 Å². The molecule has 1 atom stereocenters. The molecular weight excluding hydrogens is 603 g/mol. The highest BCUT2D eigenvalue weighted by Crippen LogP contribution is 2.41. The number of nitrogens with two attached hydrogens (primary N) is 1. The van der Waals surface area contributed by atoms with Gasteiger partial charge in [-0.15, -0.1) is 22.7 Å². The van der Waals surface area contributed by atoms with Gasteiger partial charge in [0.05, 0.1) is 50.7 Å². The molecule has 5 heterocycles. The first-order valence-electron chi connectivity index (χ1n) is 15.5. The van der Waals surface area contributed by atoms with Gasteiger partial charge in [-0.25, -0.2) is 9.97 Å². The van der Waals surface area contributed by atoms with Gasteiger partial charge in [-0.1, -0.05) is 36.4 Å². The first-order chi connectivity index (χ1) is 21.6. The van der Waals surface area contributed by atoms with Gasteiger partial charge < -0.3 is 20.4 Å². The standard InChI is InChI=1S/C34H39N7O2S2/c1-20-23(7-5-9-25(20)33-36-27-14-40(16-29(27)44-33)31(42)18-38(3)4)24-8-6-10-26(21(24)2)34-37-28-15-41(17-30(28)45-34)32(43)19-39-12-11-22(35)13-39/h5-10,22H,11-19,35H2,1-4H3/t22-/m1/s1. The van der Waals surface area contributed by atoms with Crippen molar-refractivity contribution >= 4 is 34.5 Å². The average molecular weight is 642 g/mol. The van der Waals surface area contributed by atoms with E-state index in [1.54, 1.807) is 22.7 Å². The number of hydrogen-bond acceptors (Lipinski definition) is 9. The van der Waals surface area contributed by atoms with E-state index in [4.69, 9.17) is 15.7 Å². The Bertz CT molecular complexity index is 1750. The van der Waals surface area contributed by atoms with Gasteiger partial charge >= 0.3 is 0 Å². The highest BCUT2D eigenvalue weighted by molar-refractivity contribution is 7.15. The first-order valence-corrected chi connectivity index (χ1v) is 17.1. The van der Waals surface area contributed by atoms with E-state index in [1.807, 2.05) is 28.8 Å². The minimum Gasteiger partial charge on any atom is -0.330 e. The predicted octanol–water partition coefficient (Wildman–Crippen LogP) is 4.50. The maximum atomic E-state index is 13.0. The van der Waals surface area contributed by atoms with Gasteiger partial charge in [0.25, 0.3) is 0 Å². The van der Waals surface area contributed by atoms with Crippen LogP contribution in [0.1, 0.15) is 38.7 Å². The molecule has 7 rings (SSSR count). The zero-order valence-corrected chi connectivity index (χ0v) is 27.9. The number of aromatic nitrogens is 2. The summed E-state index contributed by atoms with van der Waals surface area (Å²) in [6.45, 7) is 9.32. The Hall–Kier alpha value is -3.48. The van der Waals surface area contributed by atoms with Gasteiger partial charge in [0, 0.05) is 40.0 Å². The average Bonchev–Trinajstić information content (AvgIpc) is 3.80. The number of amides is 2. The van der Waals surface area contributed by atoms with Crippen molar-refractivity contribution in [3.63, 3.8) is 0 Å². The van der Waals surface area contributed by atoms with Crippen LogP contribution in [0.5, 0.6) is 0 Å². The Balaban J connectivity index is 1.09. The third kappa shape index (κ3) is 5.83. The maximum absolute atomic E-state index is 13.0. The largest absolute Gasteiger partial charge is 0.330 e. The summed E-state index contributed by atoms with van der Waals surface area (Å²) in [6, 6.07) is 13.1. The quantitative estimate of drug-likeness (QED) is 0.318. The normalized spacial score (nSPS) is 17.9. The van der Waals surface area contributed by atoms with E-state index in [2.05, 4.69) is 55.1 Å². The number of benzene rings is 2. The number of nitrogens with zero attached hydrogens (tertiary/aromatic N) is 6. The van der Waals surface area contributed by atoms with Gasteiger partial charge in [0.2, 0.25) is 11.8 Å². The van der Waals surface area contributed by atoms with Crippen LogP contribution in [0.2, 0.25) is 0 Å². The Kier molecular flexibility index (Phi) is 8.07. The molecule has 9 nitrogen and oxygen atoms in total. The molecule has 0 spiro atoms. The molecule has 3 aliphatic rings. The Morgan fingerprint density at radius 3 is 1.80 bits per heavy atom. The van der Waals surface area contributed by atoms with Crippen LogP contribution >= 0.6 is 22.7 Å². The zero-order chi connectivity index (χ0) is 31.4. The molecule has 0 saturated carbocycles. The number of carbonyl (C=O) groups is 2. The lowest BCUT2D eigenvalue weighted by Crippen LogP contribution is -2.38. The van der Waals surface area contributed by atoms with Crippen molar-refractivity contribution in [2.75, 3.05) is 40.3 Å². The van der Waals surface area contributed by atoms with E-state index in [1.165, 1.54) is 32.0 Å². The number of likely N-dealkylation sites (tertiary alicyclic amines) is 1. The molecule has 4 aromatic rings. The van der Waals surface area contributed by atoms with E-state index in [-0.39, 0.29) is 17.9 Å². The summed E-state index contributed by atoms with van der Waals surface area (Å²) in [7, 11) is 3.84. The summed E-state index contributed by atoms with van der Waals surface area (Å²) in [4.78, 5) is 45.8. The lowest BCUT2D eigenvalue weighted by atomic mass is 9.91. The third-order valence-electron chi connectivity index (χ3n) is 9.15. The van der Waals surface area contributed by atoms with Crippen molar-refractivity contribution in [1.82, 2.24) is 29.6 Å². The fourth-order valence-electron chi connectivity index (χ4n) is 6.65. The molecule has 1 fully saturated rings. The monoisotopic (exact) mass is 641 g/mol. The van der Waals surface area contributed by atoms with Crippen LogP contribution in [0.15, 0.2) is 36.4 Å². The van der Waals surface area contributed by atoms with Crippen molar-refractivity contribution in [1.29, 1.82) is 0 Å². The van der Waals surface area contributed by atoms with E-state index in [0.717, 1.165) is 52.0 Å². The second kappa shape index (κ2) is 12.0.